The van der Waals surface area contributed by atoms with Crippen molar-refractivity contribution in [2.24, 2.45) is 0 Å². The van der Waals surface area contributed by atoms with Gasteiger partial charge in [-0.3, -0.25) is 0 Å². The van der Waals surface area contributed by atoms with Crippen molar-refractivity contribution in [1.82, 2.24) is 0 Å². The number of para-hydroxylation sites is 1. The molecule has 0 atom stereocenters. The van der Waals surface area contributed by atoms with E-state index in [4.69, 9.17) is 9.47 Å². The Morgan fingerprint density at radius 3 is 2.62 bits per heavy atom. The molecule has 2 aromatic carbocycles. The molecule has 2 aromatic rings. The lowest BCUT2D eigenvalue weighted by Crippen LogP contribution is -2.08. The van der Waals surface area contributed by atoms with E-state index in [1.807, 2.05) is 0 Å². The molecule has 2 rings (SSSR count). The summed E-state index contributed by atoms with van der Waals surface area (Å²) in [6.45, 7) is 2.02. The zero-order chi connectivity index (χ0) is 15.2. The molecule has 0 aliphatic carbocycles. The highest BCUT2D eigenvalue weighted by Crippen LogP contribution is 2.26. The van der Waals surface area contributed by atoms with Crippen LogP contribution in [0.15, 0.2) is 42.5 Å². The summed E-state index contributed by atoms with van der Waals surface area (Å²) in [4.78, 5) is 11.9. The summed E-state index contributed by atoms with van der Waals surface area (Å²) in [6, 6.07) is 11.3. The second-order valence-corrected chi connectivity index (χ2v) is 4.24. The zero-order valence-corrected chi connectivity index (χ0v) is 11.9. The van der Waals surface area contributed by atoms with Crippen LogP contribution in [0.25, 0.3) is 0 Å². The van der Waals surface area contributed by atoms with Crippen LogP contribution in [-0.2, 0) is 4.74 Å². The van der Waals surface area contributed by atoms with Gasteiger partial charge in [-0.2, -0.15) is 0 Å². The number of ether oxygens (including phenoxy) is 2. The van der Waals surface area contributed by atoms with Crippen LogP contribution in [0.1, 0.15) is 17.3 Å². The highest BCUT2D eigenvalue weighted by Gasteiger charge is 2.13. The number of carbonyl (C=O) groups is 1. The van der Waals surface area contributed by atoms with Gasteiger partial charge in [-0.25, -0.2) is 9.18 Å². The normalized spacial score (nSPS) is 10.0. The number of halogens is 1. The molecule has 0 amide bonds. The van der Waals surface area contributed by atoms with Crippen molar-refractivity contribution in [2.75, 3.05) is 19.0 Å². The molecule has 0 saturated carbocycles. The highest BCUT2D eigenvalue weighted by atomic mass is 19.1. The Labute approximate surface area is 122 Å². The summed E-state index contributed by atoms with van der Waals surface area (Å²) in [6.07, 6.45) is 0. The van der Waals surface area contributed by atoms with Crippen molar-refractivity contribution < 1.29 is 18.7 Å². The monoisotopic (exact) mass is 289 g/mol. The second kappa shape index (κ2) is 6.74. The summed E-state index contributed by atoms with van der Waals surface area (Å²) in [5.41, 5.74) is 1.10. The maximum Gasteiger partial charge on any atom is 0.340 e. The Hall–Kier alpha value is -2.56. The molecule has 0 heterocycles. The number of methoxy groups -OCH3 is 1. The van der Waals surface area contributed by atoms with Crippen molar-refractivity contribution in [3.63, 3.8) is 0 Å². The summed E-state index contributed by atoms with van der Waals surface area (Å²) < 4.78 is 23.9. The van der Waals surface area contributed by atoms with Gasteiger partial charge in [-0.15, -0.1) is 0 Å². The Morgan fingerprint density at radius 2 is 1.95 bits per heavy atom. The van der Waals surface area contributed by atoms with Crippen LogP contribution in [0.2, 0.25) is 0 Å². The van der Waals surface area contributed by atoms with Crippen LogP contribution in [0.4, 0.5) is 15.8 Å². The minimum absolute atomic E-state index is 0.257. The van der Waals surface area contributed by atoms with Crippen molar-refractivity contribution >= 4 is 17.3 Å². The number of nitrogens with one attached hydrogen (secondary N) is 1. The zero-order valence-electron chi connectivity index (χ0n) is 11.9. The summed E-state index contributed by atoms with van der Waals surface area (Å²) in [7, 11) is 1.47. The van der Waals surface area contributed by atoms with E-state index in [9.17, 15) is 9.18 Å². The molecule has 0 aliphatic heterocycles. The van der Waals surface area contributed by atoms with E-state index in [0.29, 0.717) is 17.0 Å². The van der Waals surface area contributed by atoms with Gasteiger partial charge >= 0.3 is 5.97 Å². The summed E-state index contributed by atoms with van der Waals surface area (Å²) in [5.74, 6) is -0.487. The minimum atomic E-state index is -0.465. The Bertz CT molecular complexity index is 643. The van der Waals surface area contributed by atoms with Gasteiger partial charge in [0, 0.05) is 6.07 Å². The van der Waals surface area contributed by atoms with Gasteiger partial charge in [0.05, 0.1) is 30.7 Å². The number of hydrogen-bond acceptors (Lipinski definition) is 4. The third-order valence-electron chi connectivity index (χ3n) is 2.87. The molecule has 0 fully saturated rings. The molecule has 4 nitrogen and oxygen atoms in total. The van der Waals surface area contributed by atoms with E-state index < -0.39 is 11.8 Å². The number of anilines is 2. The quantitative estimate of drug-likeness (QED) is 0.851. The van der Waals surface area contributed by atoms with Gasteiger partial charge in [0.15, 0.2) is 0 Å². The number of carbonyl (C=O) groups excluding carboxylic acids is 1. The lowest BCUT2D eigenvalue weighted by molar-refractivity contribution is 0.0527. The summed E-state index contributed by atoms with van der Waals surface area (Å²) in [5, 5.41) is 2.90. The van der Waals surface area contributed by atoms with Gasteiger partial charge in [-0.1, -0.05) is 12.1 Å². The standard InChI is InChI=1S/C16H16FNO3/c1-3-21-16(19)12-6-4-5-7-14(12)18-15-9-8-11(20-2)10-13(15)17/h4-10,18H,3H2,1-2H3. The number of esters is 1. The molecule has 0 bridgehead atoms. The number of rotatable bonds is 5. The molecule has 0 aromatic heterocycles. The molecular formula is C16H16FNO3. The minimum Gasteiger partial charge on any atom is -0.497 e. The van der Waals surface area contributed by atoms with E-state index in [0.717, 1.165) is 0 Å². The SMILES string of the molecule is CCOC(=O)c1ccccc1Nc1ccc(OC)cc1F. The Kier molecular flexibility index (Phi) is 4.77. The Balaban J connectivity index is 2.29. The molecule has 0 aliphatic rings. The fourth-order valence-corrected chi connectivity index (χ4v) is 1.85. The average molecular weight is 289 g/mol. The topological polar surface area (TPSA) is 47.6 Å². The first kappa shape index (κ1) is 14.8. The van der Waals surface area contributed by atoms with Gasteiger partial charge in [-0.05, 0) is 31.2 Å². The van der Waals surface area contributed by atoms with Crippen LogP contribution in [-0.4, -0.2) is 19.7 Å². The van der Waals surface area contributed by atoms with Crippen LogP contribution in [0.3, 0.4) is 0 Å². The molecule has 0 saturated heterocycles. The molecule has 0 spiro atoms. The molecule has 110 valence electrons. The van der Waals surface area contributed by atoms with Crippen LogP contribution in [0, 0.1) is 5.82 Å². The van der Waals surface area contributed by atoms with Crippen molar-refractivity contribution in [2.45, 2.75) is 6.92 Å². The van der Waals surface area contributed by atoms with Gasteiger partial charge in [0.2, 0.25) is 0 Å². The van der Waals surface area contributed by atoms with E-state index >= 15 is 0 Å². The molecule has 0 unspecified atom stereocenters. The average Bonchev–Trinajstić information content (AvgIpc) is 2.50. The molecule has 5 heteroatoms. The Morgan fingerprint density at radius 1 is 1.19 bits per heavy atom. The maximum atomic E-state index is 13.9. The van der Waals surface area contributed by atoms with E-state index in [2.05, 4.69) is 5.32 Å². The van der Waals surface area contributed by atoms with E-state index in [1.54, 1.807) is 43.3 Å². The number of benzene rings is 2. The lowest BCUT2D eigenvalue weighted by Gasteiger charge is -2.12. The fourth-order valence-electron chi connectivity index (χ4n) is 1.85. The first-order valence-electron chi connectivity index (χ1n) is 6.52. The molecule has 1 N–H and O–H groups in total. The van der Waals surface area contributed by atoms with Crippen molar-refractivity contribution in [3.8, 4) is 5.75 Å². The van der Waals surface area contributed by atoms with Crippen molar-refractivity contribution in [3.05, 3.63) is 53.8 Å². The second-order valence-electron chi connectivity index (χ2n) is 4.24. The lowest BCUT2D eigenvalue weighted by atomic mass is 10.1. The van der Waals surface area contributed by atoms with E-state index in [1.165, 1.54) is 13.2 Å². The molecule has 0 radical (unpaired) electrons. The largest absolute Gasteiger partial charge is 0.497 e. The third-order valence-corrected chi connectivity index (χ3v) is 2.87. The molecule has 21 heavy (non-hydrogen) atoms. The van der Waals surface area contributed by atoms with Crippen LogP contribution >= 0.6 is 0 Å². The highest BCUT2D eigenvalue weighted by molar-refractivity contribution is 5.96. The van der Waals surface area contributed by atoms with Gasteiger partial charge in [0.1, 0.15) is 11.6 Å². The molecular weight excluding hydrogens is 273 g/mol. The van der Waals surface area contributed by atoms with Crippen LogP contribution < -0.4 is 10.1 Å². The smallest absolute Gasteiger partial charge is 0.340 e. The fraction of sp³-hybridized carbons (Fsp3) is 0.188. The maximum absolute atomic E-state index is 13.9. The third kappa shape index (κ3) is 3.51. The predicted octanol–water partition coefficient (Wildman–Crippen LogP) is 3.75. The summed E-state index contributed by atoms with van der Waals surface area (Å²) >= 11 is 0. The van der Waals surface area contributed by atoms with E-state index in [-0.39, 0.29) is 12.3 Å². The van der Waals surface area contributed by atoms with Crippen LogP contribution in [0.5, 0.6) is 5.75 Å². The van der Waals surface area contributed by atoms with Gasteiger partial charge in [0.25, 0.3) is 0 Å². The van der Waals surface area contributed by atoms with Gasteiger partial charge < -0.3 is 14.8 Å². The predicted molar refractivity (Wildman–Crippen MR) is 78.6 cm³/mol. The first-order valence-corrected chi connectivity index (χ1v) is 6.52. The number of hydrogen-bond donors (Lipinski definition) is 1. The van der Waals surface area contributed by atoms with Crippen molar-refractivity contribution in [1.29, 1.82) is 0 Å². The first-order chi connectivity index (χ1) is 10.2.